The summed E-state index contributed by atoms with van der Waals surface area (Å²) >= 11 is 0. The van der Waals surface area contributed by atoms with E-state index < -0.39 is 5.60 Å². The quantitative estimate of drug-likeness (QED) is 0.130. The fourth-order valence-corrected chi connectivity index (χ4v) is 7.03. The van der Waals surface area contributed by atoms with Gasteiger partial charge in [-0.25, -0.2) is 14.6 Å². The molecule has 6 aromatic rings. The molecule has 7 rings (SSSR count). The average molecular weight is 742 g/mol. The van der Waals surface area contributed by atoms with Crippen LogP contribution in [0.3, 0.4) is 0 Å². The highest BCUT2D eigenvalue weighted by atomic mass is 16.6. The Hall–Kier alpha value is -6.23. The summed E-state index contributed by atoms with van der Waals surface area (Å²) in [5.74, 6) is 3.54. The molecule has 0 radical (unpaired) electrons. The van der Waals surface area contributed by atoms with Crippen molar-refractivity contribution in [3.05, 3.63) is 137 Å². The Balaban J connectivity index is 1.36. The molecule has 284 valence electrons. The Morgan fingerprint density at radius 3 is 1.95 bits per heavy atom. The van der Waals surface area contributed by atoms with E-state index in [0.29, 0.717) is 49.0 Å². The number of pyridine rings is 1. The second-order valence-corrected chi connectivity index (χ2v) is 14.7. The zero-order chi connectivity index (χ0) is 38.5. The van der Waals surface area contributed by atoms with Gasteiger partial charge in [0.05, 0.1) is 31.5 Å². The molecule has 0 aliphatic carbocycles. The summed E-state index contributed by atoms with van der Waals surface area (Å²) < 4.78 is 26.3. The average Bonchev–Trinajstić information content (AvgIpc) is 3.50. The van der Waals surface area contributed by atoms with Crippen LogP contribution in [0, 0.1) is 0 Å². The van der Waals surface area contributed by atoms with Gasteiger partial charge in [0.1, 0.15) is 34.1 Å². The van der Waals surface area contributed by atoms with Gasteiger partial charge in [0.25, 0.3) is 0 Å². The summed E-state index contributed by atoms with van der Waals surface area (Å²) in [4.78, 5) is 37.2. The molecule has 0 N–H and O–H groups in total. The molecule has 11 heteroatoms. The largest absolute Gasteiger partial charge is 0.497 e. The number of likely N-dealkylation sites (tertiary alicyclic amines) is 1. The fraction of sp³-hybridized carbons (Fsp3) is 0.295. The van der Waals surface area contributed by atoms with Gasteiger partial charge in [0.2, 0.25) is 0 Å². The molecule has 1 fully saturated rings. The van der Waals surface area contributed by atoms with Crippen LogP contribution in [0.1, 0.15) is 50.8 Å². The van der Waals surface area contributed by atoms with Crippen molar-refractivity contribution in [3.8, 4) is 28.7 Å². The summed E-state index contributed by atoms with van der Waals surface area (Å²) in [6.07, 6.45) is 2.84. The molecule has 1 atom stereocenters. The number of benzene rings is 4. The normalized spacial score (nSPS) is 14.4. The first-order valence-corrected chi connectivity index (χ1v) is 18.5. The second kappa shape index (κ2) is 16.0. The Labute approximate surface area is 321 Å². The van der Waals surface area contributed by atoms with Crippen LogP contribution in [0.4, 0.5) is 10.6 Å². The van der Waals surface area contributed by atoms with Crippen molar-refractivity contribution >= 4 is 22.9 Å². The standard InChI is InChI=1S/C44H47N5O6/c1-44(2,3)55-43(51)46-27-9-10-34(30-46)48-39-25-26-45-41(40(39)49(42(48)50)33-17-23-38(24-18-33)54-37-11-7-6-8-12-37)47(28-31-13-19-35(52-4)20-14-31)29-32-15-21-36(53-5)22-16-32/h6-8,11-26,34H,9-10,27-30H2,1-5H3. The first kappa shape index (κ1) is 37.1. The topological polar surface area (TPSA) is 100 Å². The number of anilines is 1. The molecule has 3 heterocycles. The summed E-state index contributed by atoms with van der Waals surface area (Å²) in [7, 11) is 3.30. The van der Waals surface area contributed by atoms with E-state index in [2.05, 4.69) is 4.90 Å². The highest BCUT2D eigenvalue weighted by molar-refractivity contribution is 5.89. The van der Waals surface area contributed by atoms with Crippen LogP contribution in [-0.4, -0.2) is 58.0 Å². The number of rotatable bonds is 11. The van der Waals surface area contributed by atoms with Crippen LogP contribution < -0.4 is 24.8 Å². The molecule has 2 aromatic heterocycles. The van der Waals surface area contributed by atoms with Crippen LogP contribution in [0.25, 0.3) is 16.7 Å². The van der Waals surface area contributed by atoms with Crippen molar-refractivity contribution in [2.24, 2.45) is 0 Å². The third kappa shape index (κ3) is 8.46. The first-order chi connectivity index (χ1) is 26.6. The van der Waals surface area contributed by atoms with Crippen molar-refractivity contribution in [3.63, 3.8) is 0 Å². The van der Waals surface area contributed by atoms with Gasteiger partial charge in [0, 0.05) is 32.4 Å². The van der Waals surface area contributed by atoms with Crippen LogP contribution in [0.15, 0.2) is 120 Å². The number of methoxy groups -OCH3 is 2. The van der Waals surface area contributed by atoms with E-state index in [1.54, 1.807) is 29.9 Å². The molecule has 1 saturated heterocycles. The maximum Gasteiger partial charge on any atom is 0.410 e. The predicted molar refractivity (Wildman–Crippen MR) is 214 cm³/mol. The first-order valence-electron chi connectivity index (χ1n) is 18.5. The number of imidazole rings is 1. The van der Waals surface area contributed by atoms with Crippen molar-refractivity contribution < 1.29 is 23.7 Å². The van der Waals surface area contributed by atoms with E-state index >= 15 is 0 Å². The van der Waals surface area contributed by atoms with Crippen molar-refractivity contribution in [1.82, 2.24) is 19.0 Å². The number of piperidine rings is 1. The third-order valence-corrected chi connectivity index (χ3v) is 9.62. The molecule has 1 aliphatic heterocycles. The lowest BCUT2D eigenvalue weighted by molar-refractivity contribution is 0.0173. The minimum Gasteiger partial charge on any atom is -0.497 e. The molecule has 1 unspecified atom stereocenters. The lowest BCUT2D eigenvalue weighted by Gasteiger charge is -2.34. The second-order valence-electron chi connectivity index (χ2n) is 14.7. The van der Waals surface area contributed by atoms with E-state index in [0.717, 1.165) is 46.7 Å². The number of carbonyl (C=O) groups excluding carboxylic acids is 1. The monoisotopic (exact) mass is 741 g/mol. The van der Waals surface area contributed by atoms with Crippen molar-refractivity contribution in [2.45, 2.75) is 58.3 Å². The predicted octanol–water partition coefficient (Wildman–Crippen LogP) is 8.78. The van der Waals surface area contributed by atoms with Gasteiger partial charge in [0.15, 0.2) is 5.82 Å². The minimum atomic E-state index is -0.634. The van der Waals surface area contributed by atoms with Gasteiger partial charge < -0.3 is 28.7 Å². The molecule has 0 bridgehead atoms. The molecule has 0 saturated carbocycles. The van der Waals surface area contributed by atoms with Gasteiger partial charge in [-0.1, -0.05) is 42.5 Å². The maximum absolute atomic E-state index is 15.0. The number of ether oxygens (including phenoxy) is 4. The minimum absolute atomic E-state index is 0.217. The van der Waals surface area contributed by atoms with Crippen molar-refractivity contribution in [2.75, 3.05) is 32.2 Å². The molecule has 1 amide bonds. The summed E-state index contributed by atoms with van der Waals surface area (Å²) in [5, 5.41) is 0. The van der Waals surface area contributed by atoms with Gasteiger partial charge in [-0.3, -0.25) is 9.13 Å². The van der Waals surface area contributed by atoms with Gasteiger partial charge in [-0.2, -0.15) is 0 Å². The number of hydrogen-bond donors (Lipinski definition) is 0. The molecule has 55 heavy (non-hydrogen) atoms. The fourth-order valence-electron chi connectivity index (χ4n) is 7.03. The van der Waals surface area contributed by atoms with Crippen molar-refractivity contribution in [1.29, 1.82) is 0 Å². The Morgan fingerprint density at radius 1 is 0.782 bits per heavy atom. The number of para-hydroxylation sites is 1. The zero-order valence-electron chi connectivity index (χ0n) is 32.0. The lowest BCUT2D eigenvalue weighted by Crippen LogP contribution is -2.45. The number of nitrogens with zero attached hydrogens (tertiary/aromatic N) is 5. The van der Waals surface area contributed by atoms with Crippen LogP contribution >= 0.6 is 0 Å². The molecule has 1 aliphatic rings. The Morgan fingerprint density at radius 2 is 1.36 bits per heavy atom. The van der Waals surface area contributed by atoms with Crippen LogP contribution in [0.5, 0.6) is 23.0 Å². The SMILES string of the molecule is COc1ccc(CN(Cc2ccc(OC)cc2)c2nccc3c2n(-c2ccc(Oc4ccccc4)cc2)c(=O)n3C2CCCN(C(=O)OC(C)(C)C)C2)cc1. The van der Waals surface area contributed by atoms with Gasteiger partial charge in [-0.05, 0) is 111 Å². The zero-order valence-corrected chi connectivity index (χ0v) is 32.0. The van der Waals surface area contributed by atoms with Crippen LogP contribution in [-0.2, 0) is 17.8 Å². The molecular formula is C44H47N5O6. The third-order valence-electron chi connectivity index (χ3n) is 9.62. The Kier molecular flexibility index (Phi) is 10.8. The Bertz CT molecular complexity index is 2230. The summed E-state index contributed by atoms with van der Waals surface area (Å²) in [6.45, 7) is 7.49. The molecule has 4 aromatic carbocycles. The van der Waals surface area contributed by atoms with E-state index in [1.807, 2.05) is 135 Å². The highest BCUT2D eigenvalue weighted by Gasteiger charge is 2.32. The lowest BCUT2D eigenvalue weighted by atomic mass is 10.1. The smallest absolute Gasteiger partial charge is 0.410 e. The number of fused-ring (bicyclic) bond motifs is 1. The van der Waals surface area contributed by atoms with E-state index in [1.165, 1.54) is 0 Å². The van der Waals surface area contributed by atoms with Gasteiger partial charge >= 0.3 is 11.8 Å². The van der Waals surface area contributed by atoms with Gasteiger partial charge in [-0.15, -0.1) is 0 Å². The summed E-state index contributed by atoms with van der Waals surface area (Å²) in [5.41, 5.74) is 3.30. The number of amides is 1. The molecule has 0 spiro atoms. The van der Waals surface area contributed by atoms with Crippen LogP contribution in [0.2, 0.25) is 0 Å². The summed E-state index contributed by atoms with van der Waals surface area (Å²) in [6, 6.07) is 34.6. The number of carbonyl (C=O) groups is 1. The molecular weight excluding hydrogens is 695 g/mol. The maximum atomic E-state index is 15.0. The number of hydrogen-bond acceptors (Lipinski definition) is 8. The van der Waals surface area contributed by atoms with E-state index in [4.69, 9.17) is 23.9 Å². The number of aromatic nitrogens is 3. The van der Waals surface area contributed by atoms with E-state index in [9.17, 15) is 9.59 Å². The van der Waals surface area contributed by atoms with E-state index in [-0.39, 0.29) is 17.8 Å². The molecule has 11 nitrogen and oxygen atoms in total. The highest BCUT2D eigenvalue weighted by Crippen LogP contribution is 2.34.